The molecule has 1 heterocycles. The quantitative estimate of drug-likeness (QED) is 0.563. The number of halogens is 2. The van der Waals surface area contributed by atoms with Gasteiger partial charge in [0.25, 0.3) is 5.91 Å². The fourth-order valence-corrected chi connectivity index (χ4v) is 5.08. The van der Waals surface area contributed by atoms with Gasteiger partial charge in [-0.3, -0.25) is 4.79 Å². The summed E-state index contributed by atoms with van der Waals surface area (Å²) in [6.45, 7) is 5.11. The molecule has 10 heteroatoms. The third-order valence-electron chi connectivity index (χ3n) is 4.52. The second-order valence-corrected chi connectivity index (χ2v) is 10.4. The molecular formula is C22H24ClFN4O3S. The van der Waals surface area contributed by atoms with Crippen LogP contribution >= 0.6 is 11.6 Å². The lowest BCUT2D eigenvalue weighted by molar-refractivity contribution is 0.0941. The zero-order valence-corrected chi connectivity index (χ0v) is 19.6. The minimum atomic E-state index is -3.96. The van der Waals surface area contributed by atoms with Gasteiger partial charge in [0.15, 0.2) is 0 Å². The van der Waals surface area contributed by atoms with Crippen molar-refractivity contribution in [2.45, 2.75) is 37.2 Å². The van der Waals surface area contributed by atoms with E-state index in [0.717, 1.165) is 0 Å². The number of rotatable bonds is 6. The van der Waals surface area contributed by atoms with Gasteiger partial charge in [-0.2, -0.15) is 0 Å². The van der Waals surface area contributed by atoms with Crippen LogP contribution in [0.3, 0.4) is 0 Å². The second-order valence-electron chi connectivity index (χ2n) is 8.36. The summed E-state index contributed by atoms with van der Waals surface area (Å²) >= 11 is 6.13. The molecule has 0 aliphatic rings. The van der Waals surface area contributed by atoms with E-state index in [-0.39, 0.29) is 15.5 Å². The predicted octanol–water partition coefficient (Wildman–Crippen LogP) is 3.81. The third kappa shape index (κ3) is 5.53. The van der Waals surface area contributed by atoms with E-state index in [9.17, 15) is 17.6 Å². The largest absolute Gasteiger partial charge is 0.338 e. The molecule has 0 aliphatic carbocycles. The highest BCUT2D eigenvalue weighted by Gasteiger charge is 2.27. The van der Waals surface area contributed by atoms with Crippen LogP contribution < -0.4 is 10.0 Å². The number of nitrogens with zero attached hydrogens (tertiary/aromatic N) is 2. The average molecular weight is 479 g/mol. The van der Waals surface area contributed by atoms with Gasteiger partial charge in [-0.15, -0.1) is 0 Å². The molecule has 3 rings (SSSR count). The Morgan fingerprint density at radius 3 is 2.38 bits per heavy atom. The molecule has 1 amide bonds. The van der Waals surface area contributed by atoms with Crippen molar-refractivity contribution in [3.05, 3.63) is 82.6 Å². The molecule has 0 radical (unpaired) electrons. The summed E-state index contributed by atoms with van der Waals surface area (Å²) in [5.74, 6) is -0.412. The van der Waals surface area contributed by atoms with Crippen LogP contribution in [-0.2, 0) is 17.1 Å². The molecule has 2 N–H and O–H groups in total. The normalized spacial score (nSPS) is 13.1. The first-order chi connectivity index (χ1) is 14.9. The minimum Gasteiger partial charge on any atom is -0.338 e. The van der Waals surface area contributed by atoms with Gasteiger partial charge in [0.1, 0.15) is 22.6 Å². The Labute approximate surface area is 191 Å². The Morgan fingerprint density at radius 2 is 1.81 bits per heavy atom. The van der Waals surface area contributed by atoms with Crippen molar-refractivity contribution < 1.29 is 17.6 Å². The van der Waals surface area contributed by atoms with Gasteiger partial charge in [0.2, 0.25) is 10.0 Å². The van der Waals surface area contributed by atoms with E-state index in [0.29, 0.717) is 11.4 Å². The summed E-state index contributed by atoms with van der Waals surface area (Å²) in [4.78, 5) is 17.2. The molecule has 170 valence electrons. The summed E-state index contributed by atoms with van der Waals surface area (Å²) in [6.07, 6.45) is 3.31. The number of sulfonamides is 1. The number of aromatic nitrogens is 2. The van der Waals surface area contributed by atoms with Gasteiger partial charge in [-0.25, -0.2) is 22.5 Å². The molecule has 0 fully saturated rings. The maximum absolute atomic E-state index is 13.4. The van der Waals surface area contributed by atoms with Crippen LogP contribution in [0.25, 0.3) is 0 Å². The van der Waals surface area contributed by atoms with Crippen molar-refractivity contribution >= 4 is 27.5 Å². The van der Waals surface area contributed by atoms with Crippen molar-refractivity contribution in [2.75, 3.05) is 0 Å². The summed E-state index contributed by atoms with van der Waals surface area (Å²) in [5, 5.41) is 2.85. The number of aryl methyl sites for hydroxylation is 1. The number of imidazole rings is 1. The van der Waals surface area contributed by atoms with E-state index >= 15 is 0 Å². The van der Waals surface area contributed by atoms with Crippen molar-refractivity contribution in [3.63, 3.8) is 0 Å². The molecule has 3 aromatic rings. The number of amides is 1. The van der Waals surface area contributed by atoms with Crippen molar-refractivity contribution in [1.82, 2.24) is 19.6 Å². The molecule has 0 saturated carbocycles. The molecule has 2 aromatic carbocycles. The highest BCUT2D eigenvalue weighted by molar-refractivity contribution is 7.89. The molecule has 1 atom stereocenters. The van der Waals surface area contributed by atoms with Crippen LogP contribution in [0, 0.1) is 5.82 Å². The van der Waals surface area contributed by atoms with Crippen molar-refractivity contribution in [2.24, 2.45) is 7.05 Å². The molecule has 7 nitrogen and oxygen atoms in total. The number of hydrogen-bond acceptors (Lipinski definition) is 4. The number of nitrogens with one attached hydrogen (secondary N) is 2. The first kappa shape index (κ1) is 23.9. The Balaban J connectivity index is 1.97. The Morgan fingerprint density at radius 1 is 1.16 bits per heavy atom. The van der Waals surface area contributed by atoms with Crippen LogP contribution in [0.4, 0.5) is 4.39 Å². The SMILES string of the molecule is Cn1ccnc1C(NC(=O)c1ccc(Cl)c(S(=O)(=O)NC(C)(C)C)c1)c1ccc(F)cc1. The lowest BCUT2D eigenvalue weighted by atomic mass is 10.1. The van der Waals surface area contributed by atoms with Gasteiger partial charge in [0, 0.05) is 30.5 Å². The van der Waals surface area contributed by atoms with Crippen LogP contribution in [0.2, 0.25) is 5.02 Å². The molecule has 1 unspecified atom stereocenters. The molecule has 1 aromatic heterocycles. The monoisotopic (exact) mass is 478 g/mol. The van der Waals surface area contributed by atoms with E-state index in [4.69, 9.17) is 11.6 Å². The Kier molecular flexibility index (Phi) is 6.73. The van der Waals surface area contributed by atoms with Crippen LogP contribution in [-0.4, -0.2) is 29.4 Å². The fraction of sp³-hybridized carbons (Fsp3) is 0.273. The molecule has 0 saturated heterocycles. The lowest BCUT2D eigenvalue weighted by Gasteiger charge is -2.22. The Bertz CT molecular complexity index is 1230. The maximum Gasteiger partial charge on any atom is 0.252 e. The van der Waals surface area contributed by atoms with E-state index in [2.05, 4.69) is 15.0 Å². The van der Waals surface area contributed by atoms with Gasteiger partial charge >= 0.3 is 0 Å². The van der Waals surface area contributed by atoms with E-state index in [1.54, 1.807) is 56.9 Å². The van der Waals surface area contributed by atoms with Gasteiger partial charge in [0.05, 0.1) is 5.02 Å². The topological polar surface area (TPSA) is 93.1 Å². The molecule has 0 bridgehead atoms. The second kappa shape index (κ2) is 9.01. The van der Waals surface area contributed by atoms with Crippen LogP contribution in [0.5, 0.6) is 0 Å². The third-order valence-corrected chi connectivity index (χ3v) is 6.76. The summed E-state index contributed by atoms with van der Waals surface area (Å²) in [7, 11) is -2.19. The lowest BCUT2D eigenvalue weighted by Crippen LogP contribution is -2.40. The standard InChI is InChI=1S/C22H24ClFN4O3S/c1-22(2,3)27-32(30,31)18-13-15(7-10-17(18)23)21(29)26-19(20-25-11-12-28(20)4)14-5-8-16(24)9-6-14/h5-13,19,27H,1-4H3,(H,26,29). The first-order valence-corrected chi connectivity index (χ1v) is 11.6. The summed E-state index contributed by atoms with van der Waals surface area (Å²) in [5.41, 5.74) is -0.0120. The highest BCUT2D eigenvalue weighted by Crippen LogP contribution is 2.26. The minimum absolute atomic E-state index is 0.00233. The summed E-state index contributed by atoms with van der Waals surface area (Å²) < 4.78 is 43.2. The Hall–Kier alpha value is -2.75. The fourth-order valence-electron chi connectivity index (χ4n) is 3.13. The average Bonchev–Trinajstić information content (AvgIpc) is 3.10. The zero-order valence-electron chi connectivity index (χ0n) is 18.1. The van der Waals surface area contributed by atoms with Crippen LogP contribution in [0.1, 0.15) is 48.6 Å². The maximum atomic E-state index is 13.4. The van der Waals surface area contributed by atoms with Crippen molar-refractivity contribution in [3.8, 4) is 0 Å². The number of benzene rings is 2. The van der Waals surface area contributed by atoms with Crippen LogP contribution in [0.15, 0.2) is 59.8 Å². The number of carbonyl (C=O) groups is 1. The zero-order chi connectivity index (χ0) is 23.7. The van der Waals surface area contributed by atoms with Crippen molar-refractivity contribution in [1.29, 1.82) is 0 Å². The van der Waals surface area contributed by atoms with Gasteiger partial charge < -0.3 is 9.88 Å². The predicted molar refractivity (Wildman–Crippen MR) is 120 cm³/mol. The smallest absolute Gasteiger partial charge is 0.252 e. The molecular weight excluding hydrogens is 455 g/mol. The van der Waals surface area contributed by atoms with Gasteiger partial charge in [-0.05, 0) is 56.7 Å². The van der Waals surface area contributed by atoms with E-state index < -0.39 is 33.3 Å². The molecule has 0 spiro atoms. The van der Waals surface area contributed by atoms with E-state index in [1.807, 2.05) is 0 Å². The number of hydrogen-bond donors (Lipinski definition) is 2. The molecule has 0 aliphatic heterocycles. The summed E-state index contributed by atoms with van der Waals surface area (Å²) in [6, 6.07) is 9.04. The number of carbonyl (C=O) groups excluding carboxylic acids is 1. The first-order valence-electron chi connectivity index (χ1n) is 9.74. The van der Waals surface area contributed by atoms with E-state index in [1.165, 1.54) is 30.3 Å². The van der Waals surface area contributed by atoms with Gasteiger partial charge in [-0.1, -0.05) is 23.7 Å². The highest BCUT2D eigenvalue weighted by atomic mass is 35.5. The molecule has 32 heavy (non-hydrogen) atoms.